The first-order chi connectivity index (χ1) is 5.09. The van der Waals surface area contributed by atoms with Crippen molar-refractivity contribution in [2.75, 3.05) is 6.54 Å². The van der Waals surface area contributed by atoms with Crippen molar-refractivity contribution in [3.8, 4) is 0 Å². The van der Waals surface area contributed by atoms with Gasteiger partial charge in [0.1, 0.15) is 0 Å². The van der Waals surface area contributed by atoms with Crippen LogP contribution in [0, 0.1) is 0 Å². The van der Waals surface area contributed by atoms with Crippen molar-refractivity contribution >= 4 is 11.8 Å². The number of unbranched alkanes of at least 4 members (excludes halogenated alkanes) is 1. The number of carbonyl (C=O) groups is 2. The first-order valence-corrected chi connectivity index (χ1v) is 3.45. The molecule has 0 aromatic carbocycles. The van der Waals surface area contributed by atoms with Crippen LogP contribution in [0.25, 0.3) is 0 Å². The minimum absolute atomic E-state index is 0.373. The summed E-state index contributed by atoms with van der Waals surface area (Å²) in [6.45, 7) is 2.33. The Morgan fingerprint density at radius 2 is 2.00 bits per heavy atom. The van der Waals surface area contributed by atoms with Crippen molar-refractivity contribution in [3.63, 3.8) is 0 Å². The Kier molecular flexibility index (Phi) is 4.21. The fourth-order valence-corrected chi connectivity index (χ4v) is 0.572. The van der Waals surface area contributed by atoms with E-state index in [9.17, 15) is 9.59 Å². The zero-order chi connectivity index (χ0) is 8.85. The number of primary amides is 1. The van der Waals surface area contributed by atoms with Gasteiger partial charge in [0.05, 0.1) is 0 Å². The highest BCUT2D eigenvalue weighted by Crippen LogP contribution is 1.88. The van der Waals surface area contributed by atoms with Crippen molar-refractivity contribution in [1.29, 1.82) is 0 Å². The number of hydrazine groups is 1. The van der Waals surface area contributed by atoms with Gasteiger partial charge in [-0.2, -0.15) is 0 Å². The van der Waals surface area contributed by atoms with Crippen LogP contribution in [-0.4, -0.2) is 23.4 Å². The lowest BCUT2D eigenvalue weighted by Gasteiger charge is -2.12. The minimum atomic E-state index is -1.01. The molecule has 0 bridgehead atoms. The summed E-state index contributed by atoms with van der Waals surface area (Å²) in [6.07, 6.45) is 1.69. The Balaban J connectivity index is 3.73. The Morgan fingerprint density at radius 1 is 1.45 bits per heavy atom. The first kappa shape index (κ1) is 9.90. The molecule has 0 aliphatic carbocycles. The fraction of sp³-hybridized carbons (Fsp3) is 0.667. The van der Waals surface area contributed by atoms with E-state index < -0.39 is 11.8 Å². The van der Waals surface area contributed by atoms with Crippen molar-refractivity contribution in [3.05, 3.63) is 0 Å². The topological polar surface area (TPSA) is 89.4 Å². The standard InChI is InChI=1S/C6H13N3O2/c1-2-3-4-9(8)6(11)5(7)10/h2-4,8H2,1H3,(H2,7,10). The van der Waals surface area contributed by atoms with Gasteiger partial charge in [-0.25, -0.2) is 5.84 Å². The number of rotatable bonds is 3. The number of hydrogen-bond donors (Lipinski definition) is 2. The SMILES string of the molecule is CCCCN(N)C(=O)C(N)=O. The maximum atomic E-state index is 10.7. The predicted molar refractivity (Wildman–Crippen MR) is 40.0 cm³/mol. The van der Waals surface area contributed by atoms with E-state index in [0.29, 0.717) is 6.54 Å². The van der Waals surface area contributed by atoms with Crippen LogP contribution < -0.4 is 11.6 Å². The molecular weight excluding hydrogens is 146 g/mol. The highest BCUT2D eigenvalue weighted by molar-refractivity contribution is 6.34. The lowest BCUT2D eigenvalue weighted by atomic mass is 10.3. The molecule has 0 unspecified atom stereocenters. The summed E-state index contributed by atoms with van der Waals surface area (Å²) >= 11 is 0. The minimum Gasteiger partial charge on any atom is -0.361 e. The second-order valence-electron chi connectivity index (χ2n) is 2.22. The third-order valence-corrected chi connectivity index (χ3v) is 1.22. The fourth-order valence-electron chi connectivity index (χ4n) is 0.572. The maximum absolute atomic E-state index is 10.7. The molecule has 0 rings (SSSR count). The highest BCUT2D eigenvalue weighted by Gasteiger charge is 2.13. The molecule has 0 aliphatic heterocycles. The summed E-state index contributed by atoms with van der Waals surface area (Å²) in [4.78, 5) is 20.9. The van der Waals surface area contributed by atoms with E-state index in [2.05, 4.69) is 0 Å². The van der Waals surface area contributed by atoms with Crippen LogP contribution in [0.3, 0.4) is 0 Å². The van der Waals surface area contributed by atoms with Gasteiger partial charge in [0.25, 0.3) is 0 Å². The molecule has 0 saturated heterocycles. The normalized spacial score (nSPS) is 9.27. The predicted octanol–water partition coefficient (Wildman–Crippen LogP) is -1.03. The number of nitrogens with two attached hydrogens (primary N) is 2. The van der Waals surface area contributed by atoms with Crippen LogP contribution in [0.1, 0.15) is 19.8 Å². The van der Waals surface area contributed by atoms with Crippen molar-refractivity contribution < 1.29 is 9.59 Å². The number of nitrogens with zero attached hydrogens (tertiary/aromatic N) is 1. The molecule has 0 aromatic heterocycles. The Labute approximate surface area is 65.3 Å². The molecule has 0 fully saturated rings. The van der Waals surface area contributed by atoms with Gasteiger partial charge in [-0.1, -0.05) is 13.3 Å². The highest BCUT2D eigenvalue weighted by atomic mass is 16.2. The monoisotopic (exact) mass is 159 g/mol. The summed E-state index contributed by atoms with van der Waals surface area (Å²) in [5.74, 6) is 3.34. The molecule has 0 aliphatic rings. The van der Waals surface area contributed by atoms with Gasteiger partial charge in [0.15, 0.2) is 0 Å². The molecule has 64 valence electrons. The molecule has 4 N–H and O–H groups in total. The van der Waals surface area contributed by atoms with E-state index in [1.807, 2.05) is 6.92 Å². The van der Waals surface area contributed by atoms with Crippen LogP contribution in [0.15, 0.2) is 0 Å². The van der Waals surface area contributed by atoms with Crippen LogP contribution in [0.5, 0.6) is 0 Å². The summed E-state index contributed by atoms with van der Waals surface area (Å²) in [6, 6.07) is 0. The maximum Gasteiger partial charge on any atom is 0.325 e. The van der Waals surface area contributed by atoms with Gasteiger partial charge in [-0.3, -0.25) is 14.6 Å². The molecule has 5 nitrogen and oxygen atoms in total. The van der Waals surface area contributed by atoms with Crippen LogP contribution >= 0.6 is 0 Å². The van der Waals surface area contributed by atoms with Crippen LogP contribution in [0.4, 0.5) is 0 Å². The Hall–Kier alpha value is -1.10. The summed E-state index contributed by atoms with van der Waals surface area (Å²) < 4.78 is 0. The van der Waals surface area contributed by atoms with E-state index in [1.165, 1.54) is 0 Å². The number of amides is 2. The molecule has 2 amide bonds. The molecule has 0 aromatic rings. The average Bonchev–Trinajstić information content (AvgIpc) is 1.98. The second kappa shape index (κ2) is 4.68. The van der Waals surface area contributed by atoms with Crippen molar-refractivity contribution in [2.45, 2.75) is 19.8 Å². The van der Waals surface area contributed by atoms with E-state index in [1.54, 1.807) is 0 Å². The number of hydrogen-bond acceptors (Lipinski definition) is 3. The lowest BCUT2D eigenvalue weighted by molar-refractivity contribution is -0.144. The second-order valence-corrected chi connectivity index (χ2v) is 2.22. The van der Waals surface area contributed by atoms with Crippen LogP contribution in [-0.2, 0) is 9.59 Å². The smallest absolute Gasteiger partial charge is 0.325 e. The van der Waals surface area contributed by atoms with Gasteiger partial charge in [0.2, 0.25) is 0 Å². The van der Waals surface area contributed by atoms with E-state index in [4.69, 9.17) is 11.6 Å². The molecule has 0 saturated carbocycles. The first-order valence-electron chi connectivity index (χ1n) is 3.45. The molecule has 0 radical (unpaired) electrons. The average molecular weight is 159 g/mol. The quantitative estimate of drug-likeness (QED) is 0.239. The van der Waals surface area contributed by atoms with Gasteiger partial charge in [-0.05, 0) is 6.42 Å². The van der Waals surface area contributed by atoms with Crippen LogP contribution in [0.2, 0.25) is 0 Å². The van der Waals surface area contributed by atoms with Gasteiger partial charge in [-0.15, -0.1) is 0 Å². The van der Waals surface area contributed by atoms with Gasteiger partial charge >= 0.3 is 11.8 Å². The van der Waals surface area contributed by atoms with Crippen molar-refractivity contribution in [2.24, 2.45) is 11.6 Å². The van der Waals surface area contributed by atoms with Gasteiger partial charge in [0, 0.05) is 6.54 Å². The molecule has 11 heavy (non-hydrogen) atoms. The van der Waals surface area contributed by atoms with Gasteiger partial charge < -0.3 is 5.73 Å². The van der Waals surface area contributed by atoms with Crippen molar-refractivity contribution in [1.82, 2.24) is 5.01 Å². The Morgan fingerprint density at radius 3 is 2.36 bits per heavy atom. The molecule has 0 heterocycles. The third-order valence-electron chi connectivity index (χ3n) is 1.22. The lowest BCUT2D eigenvalue weighted by Crippen LogP contribution is -2.45. The molecule has 0 atom stereocenters. The largest absolute Gasteiger partial charge is 0.361 e. The van der Waals surface area contributed by atoms with E-state index in [-0.39, 0.29) is 0 Å². The molecular formula is C6H13N3O2. The summed E-state index contributed by atoms with van der Waals surface area (Å²) in [5.41, 5.74) is 4.70. The molecule has 0 spiro atoms. The number of carbonyl (C=O) groups excluding carboxylic acids is 2. The summed E-state index contributed by atoms with van der Waals surface area (Å²) in [5, 5.41) is 0.839. The zero-order valence-electron chi connectivity index (χ0n) is 6.54. The molecule has 5 heteroatoms. The zero-order valence-corrected chi connectivity index (χ0v) is 6.54. The third kappa shape index (κ3) is 3.57. The van der Waals surface area contributed by atoms with E-state index in [0.717, 1.165) is 17.9 Å². The Bertz CT molecular complexity index is 158. The van der Waals surface area contributed by atoms with E-state index >= 15 is 0 Å². The summed E-state index contributed by atoms with van der Waals surface area (Å²) in [7, 11) is 0.